The lowest BCUT2D eigenvalue weighted by Gasteiger charge is -2.04. The topological polar surface area (TPSA) is 54.4 Å². The van der Waals surface area contributed by atoms with Crippen LogP contribution in [0.25, 0.3) is 0 Å². The molecular weight excluding hydrogens is 207 g/mol. The molecule has 0 atom stereocenters. The van der Waals surface area contributed by atoms with Crippen molar-refractivity contribution in [1.82, 2.24) is 0 Å². The Bertz CT molecular complexity index is 390. The largest absolute Gasteiger partial charge is 0.478 e. The number of benzene rings is 1. The first-order valence-corrected chi connectivity index (χ1v) is 4.89. The van der Waals surface area contributed by atoms with E-state index in [-0.39, 0.29) is 16.7 Å². The highest BCUT2D eigenvalue weighted by Gasteiger charge is 2.16. The van der Waals surface area contributed by atoms with Gasteiger partial charge in [0.05, 0.1) is 11.1 Å². The maximum absolute atomic E-state index is 13.4. The van der Waals surface area contributed by atoms with Crippen molar-refractivity contribution in [2.45, 2.75) is 4.90 Å². The second kappa shape index (κ2) is 4.23. The van der Waals surface area contributed by atoms with Crippen LogP contribution in [0, 0.1) is 5.82 Å². The summed E-state index contributed by atoms with van der Waals surface area (Å²) in [6.45, 7) is 0. The molecular formula is C9H7FO3S. The molecule has 0 saturated carbocycles. The van der Waals surface area contributed by atoms with Crippen molar-refractivity contribution in [3.63, 3.8) is 0 Å². The van der Waals surface area contributed by atoms with Gasteiger partial charge in [-0.25, -0.2) is 9.18 Å². The number of aldehydes is 1. The van der Waals surface area contributed by atoms with Crippen LogP contribution in [-0.4, -0.2) is 23.6 Å². The number of rotatable bonds is 3. The number of carbonyl (C=O) groups is 2. The molecule has 3 nitrogen and oxygen atoms in total. The lowest BCUT2D eigenvalue weighted by molar-refractivity contribution is 0.0693. The maximum atomic E-state index is 13.4. The predicted octanol–water partition coefficient (Wildman–Crippen LogP) is 2.06. The molecule has 0 fully saturated rings. The first-order chi connectivity index (χ1) is 6.61. The van der Waals surface area contributed by atoms with Gasteiger partial charge >= 0.3 is 5.97 Å². The molecule has 0 radical (unpaired) electrons. The SMILES string of the molecule is CSc1ccc(C(=O)O)c(C=O)c1F. The molecule has 1 aromatic rings. The van der Waals surface area contributed by atoms with Gasteiger partial charge in [0.1, 0.15) is 5.82 Å². The summed E-state index contributed by atoms with van der Waals surface area (Å²) < 4.78 is 13.4. The highest BCUT2D eigenvalue weighted by atomic mass is 32.2. The molecule has 0 spiro atoms. The van der Waals surface area contributed by atoms with Gasteiger partial charge in [0, 0.05) is 4.90 Å². The quantitative estimate of drug-likeness (QED) is 0.618. The Balaban J connectivity index is 3.43. The van der Waals surface area contributed by atoms with Crippen LogP contribution in [0.2, 0.25) is 0 Å². The summed E-state index contributed by atoms with van der Waals surface area (Å²) in [6.07, 6.45) is 1.87. The van der Waals surface area contributed by atoms with Crippen LogP contribution in [0.3, 0.4) is 0 Å². The number of hydrogen-bond acceptors (Lipinski definition) is 3. The Morgan fingerprint density at radius 2 is 2.21 bits per heavy atom. The third-order valence-corrected chi connectivity index (χ3v) is 2.47. The highest BCUT2D eigenvalue weighted by Crippen LogP contribution is 2.23. The van der Waals surface area contributed by atoms with Gasteiger partial charge in [0.25, 0.3) is 0 Å². The van der Waals surface area contributed by atoms with Crippen molar-refractivity contribution in [2.75, 3.05) is 6.26 Å². The smallest absolute Gasteiger partial charge is 0.336 e. The molecule has 74 valence electrons. The molecule has 0 aliphatic rings. The lowest BCUT2D eigenvalue weighted by Crippen LogP contribution is -2.05. The average molecular weight is 214 g/mol. The Morgan fingerprint density at radius 3 is 2.64 bits per heavy atom. The first-order valence-electron chi connectivity index (χ1n) is 3.66. The molecule has 1 aromatic carbocycles. The van der Waals surface area contributed by atoms with E-state index < -0.39 is 17.3 Å². The number of thioether (sulfide) groups is 1. The summed E-state index contributed by atoms with van der Waals surface area (Å²) in [4.78, 5) is 21.4. The van der Waals surface area contributed by atoms with Gasteiger partial charge in [-0.15, -0.1) is 11.8 Å². The minimum absolute atomic E-state index is 0.221. The van der Waals surface area contributed by atoms with E-state index in [1.165, 1.54) is 12.1 Å². The molecule has 0 heterocycles. The van der Waals surface area contributed by atoms with Crippen LogP contribution in [-0.2, 0) is 0 Å². The monoisotopic (exact) mass is 214 g/mol. The van der Waals surface area contributed by atoms with Crippen LogP contribution in [0.5, 0.6) is 0 Å². The van der Waals surface area contributed by atoms with E-state index in [0.717, 1.165) is 11.8 Å². The van der Waals surface area contributed by atoms with E-state index in [2.05, 4.69) is 0 Å². The second-order valence-corrected chi connectivity index (χ2v) is 3.31. The fraction of sp³-hybridized carbons (Fsp3) is 0.111. The van der Waals surface area contributed by atoms with Crippen molar-refractivity contribution in [1.29, 1.82) is 0 Å². The number of aromatic carboxylic acids is 1. The molecule has 0 aromatic heterocycles. The van der Waals surface area contributed by atoms with Gasteiger partial charge in [-0.3, -0.25) is 4.79 Å². The third-order valence-electron chi connectivity index (χ3n) is 1.71. The van der Waals surface area contributed by atoms with Crippen LogP contribution in [0.15, 0.2) is 17.0 Å². The Labute approximate surface area is 83.9 Å². The number of carboxylic acid groups (broad SMARTS) is 1. The standard InChI is InChI=1S/C9H7FO3S/c1-14-7-3-2-5(9(12)13)6(4-11)8(7)10/h2-4H,1H3,(H,12,13). The molecule has 0 aliphatic carbocycles. The van der Waals surface area contributed by atoms with Crippen LogP contribution >= 0.6 is 11.8 Å². The number of carboxylic acids is 1. The normalized spacial score (nSPS) is 9.86. The van der Waals surface area contributed by atoms with Gasteiger partial charge in [-0.2, -0.15) is 0 Å². The first kappa shape index (κ1) is 10.7. The number of halogens is 1. The van der Waals surface area contributed by atoms with Crippen molar-refractivity contribution >= 4 is 24.0 Å². The third kappa shape index (κ3) is 1.77. The van der Waals surface area contributed by atoms with E-state index in [4.69, 9.17) is 5.11 Å². The Hall–Kier alpha value is -1.36. The fourth-order valence-corrected chi connectivity index (χ4v) is 1.53. The van der Waals surface area contributed by atoms with Gasteiger partial charge < -0.3 is 5.11 Å². The predicted molar refractivity (Wildman–Crippen MR) is 50.5 cm³/mol. The molecule has 1 rings (SSSR count). The van der Waals surface area contributed by atoms with Gasteiger partial charge in [-0.05, 0) is 18.4 Å². The summed E-state index contributed by atoms with van der Waals surface area (Å²) in [6, 6.07) is 2.57. The minimum atomic E-state index is -1.31. The highest BCUT2D eigenvalue weighted by molar-refractivity contribution is 7.98. The molecule has 0 amide bonds. The summed E-state index contributed by atoms with van der Waals surface area (Å²) in [5.41, 5.74) is -0.709. The lowest BCUT2D eigenvalue weighted by atomic mass is 10.1. The van der Waals surface area contributed by atoms with Gasteiger partial charge in [0.2, 0.25) is 0 Å². The zero-order valence-corrected chi connectivity index (χ0v) is 8.10. The van der Waals surface area contributed by atoms with Crippen LogP contribution in [0.4, 0.5) is 4.39 Å². The van der Waals surface area contributed by atoms with Crippen molar-refractivity contribution in [3.05, 3.63) is 29.1 Å². The summed E-state index contributed by atoms with van der Waals surface area (Å²) in [5.74, 6) is -2.08. The van der Waals surface area contributed by atoms with E-state index >= 15 is 0 Å². The minimum Gasteiger partial charge on any atom is -0.478 e. The molecule has 0 saturated heterocycles. The molecule has 0 bridgehead atoms. The van der Waals surface area contributed by atoms with E-state index in [1.54, 1.807) is 6.26 Å². The molecule has 1 N–H and O–H groups in total. The summed E-state index contributed by atoms with van der Waals surface area (Å²) in [5, 5.41) is 8.65. The second-order valence-electron chi connectivity index (χ2n) is 2.47. The molecule has 14 heavy (non-hydrogen) atoms. The zero-order chi connectivity index (χ0) is 10.7. The Kier molecular flexibility index (Phi) is 3.24. The zero-order valence-electron chi connectivity index (χ0n) is 7.28. The molecule has 0 unspecified atom stereocenters. The van der Waals surface area contributed by atoms with Gasteiger partial charge in [0.15, 0.2) is 6.29 Å². The van der Waals surface area contributed by atoms with E-state index in [0.29, 0.717) is 0 Å². The van der Waals surface area contributed by atoms with Crippen molar-refractivity contribution in [2.24, 2.45) is 0 Å². The summed E-state index contributed by atoms with van der Waals surface area (Å²) in [7, 11) is 0. The number of carbonyl (C=O) groups excluding carboxylic acids is 1. The van der Waals surface area contributed by atoms with E-state index in [1.807, 2.05) is 0 Å². The fourth-order valence-electron chi connectivity index (χ4n) is 1.03. The maximum Gasteiger partial charge on any atom is 0.336 e. The summed E-state index contributed by atoms with van der Waals surface area (Å²) >= 11 is 1.12. The van der Waals surface area contributed by atoms with E-state index in [9.17, 15) is 14.0 Å². The average Bonchev–Trinajstić information content (AvgIpc) is 2.17. The molecule has 0 aliphatic heterocycles. The van der Waals surface area contributed by atoms with Crippen molar-refractivity contribution < 1.29 is 19.1 Å². The molecule has 5 heteroatoms. The van der Waals surface area contributed by atoms with Crippen molar-refractivity contribution in [3.8, 4) is 0 Å². The van der Waals surface area contributed by atoms with Crippen LogP contribution < -0.4 is 0 Å². The van der Waals surface area contributed by atoms with Gasteiger partial charge in [-0.1, -0.05) is 0 Å². The Morgan fingerprint density at radius 1 is 1.57 bits per heavy atom. The number of hydrogen-bond donors (Lipinski definition) is 1. The van der Waals surface area contributed by atoms with Crippen LogP contribution in [0.1, 0.15) is 20.7 Å².